The van der Waals surface area contributed by atoms with E-state index in [0.717, 1.165) is 29.2 Å². The van der Waals surface area contributed by atoms with Gasteiger partial charge in [-0.2, -0.15) is 0 Å². The van der Waals surface area contributed by atoms with Crippen LogP contribution in [-0.4, -0.2) is 28.6 Å². The van der Waals surface area contributed by atoms with Crippen LogP contribution in [0.3, 0.4) is 0 Å². The van der Waals surface area contributed by atoms with Gasteiger partial charge in [-0.15, -0.1) is 0 Å². The van der Waals surface area contributed by atoms with Crippen LogP contribution in [0.1, 0.15) is 29.8 Å². The molecule has 0 bridgehead atoms. The number of amides is 2. The zero-order valence-electron chi connectivity index (χ0n) is 16.3. The smallest absolute Gasteiger partial charge is 0.322 e. The SMILES string of the molecule is CCOc1ccc(C2c3cccn3CCN2C(=O)Nc2ccc(C)cc2)cc1. The van der Waals surface area contributed by atoms with E-state index >= 15 is 0 Å². The third kappa shape index (κ3) is 3.60. The molecule has 5 nitrogen and oxygen atoms in total. The zero-order chi connectivity index (χ0) is 19.5. The first kappa shape index (κ1) is 18.2. The molecule has 2 aromatic carbocycles. The van der Waals surface area contributed by atoms with Gasteiger partial charge in [-0.25, -0.2) is 4.79 Å². The number of hydrogen-bond donors (Lipinski definition) is 1. The van der Waals surface area contributed by atoms with E-state index in [1.54, 1.807) is 0 Å². The molecule has 1 aliphatic rings. The Labute approximate surface area is 165 Å². The van der Waals surface area contributed by atoms with E-state index < -0.39 is 0 Å². The summed E-state index contributed by atoms with van der Waals surface area (Å²) in [5.74, 6) is 0.841. The van der Waals surface area contributed by atoms with Crippen molar-refractivity contribution in [2.45, 2.75) is 26.4 Å². The maximum atomic E-state index is 13.1. The van der Waals surface area contributed by atoms with Crippen molar-refractivity contribution in [1.82, 2.24) is 9.47 Å². The summed E-state index contributed by atoms with van der Waals surface area (Å²) < 4.78 is 7.79. The number of anilines is 1. The van der Waals surface area contributed by atoms with Gasteiger partial charge in [0, 0.05) is 30.7 Å². The Kier molecular flexibility index (Phi) is 5.06. The van der Waals surface area contributed by atoms with E-state index in [9.17, 15) is 4.79 Å². The highest BCUT2D eigenvalue weighted by atomic mass is 16.5. The van der Waals surface area contributed by atoms with Crippen molar-refractivity contribution in [3.8, 4) is 5.75 Å². The Bertz CT molecular complexity index is 945. The topological polar surface area (TPSA) is 46.5 Å². The standard InChI is InChI=1S/C23H25N3O2/c1-3-28-20-12-8-18(9-13-20)22-21-5-4-14-25(21)15-16-26(22)23(27)24-19-10-6-17(2)7-11-19/h4-14,22H,3,15-16H2,1-2H3,(H,24,27). The molecule has 1 unspecified atom stereocenters. The first-order chi connectivity index (χ1) is 13.7. The number of carbonyl (C=O) groups excluding carboxylic acids is 1. The number of fused-ring (bicyclic) bond motifs is 1. The molecule has 2 amide bonds. The second-order valence-corrected chi connectivity index (χ2v) is 7.02. The molecule has 1 aliphatic heterocycles. The van der Waals surface area contributed by atoms with Crippen molar-refractivity contribution in [2.24, 2.45) is 0 Å². The summed E-state index contributed by atoms with van der Waals surface area (Å²) >= 11 is 0. The summed E-state index contributed by atoms with van der Waals surface area (Å²) in [6.07, 6.45) is 2.08. The molecule has 3 aromatic rings. The van der Waals surface area contributed by atoms with E-state index in [4.69, 9.17) is 4.74 Å². The minimum Gasteiger partial charge on any atom is -0.494 e. The summed E-state index contributed by atoms with van der Waals surface area (Å²) in [6.45, 7) is 6.08. The molecule has 2 heterocycles. The van der Waals surface area contributed by atoms with Crippen molar-refractivity contribution in [1.29, 1.82) is 0 Å². The van der Waals surface area contributed by atoms with E-state index in [1.165, 1.54) is 5.56 Å². The van der Waals surface area contributed by atoms with E-state index in [2.05, 4.69) is 22.1 Å². The van der Waals surface area contributed by atoms with Crippen molar-refractivity contribution < 1.29 is 9.53 Å². The van der Waals surface area contributed by atoms with Crippen LogP contribution < -0.4 is 10.1 Å². The molecule has 0 saturated carbocycles. The molecule has 1 N–H and O–H groups in total. The average Bonchev–Trinajstić information content (AvgIpc) is 3.19. The summed E-state index contributed by atoms with van der Waals surface area (Å²) in [5.41, 5.74) is 4.17. The lowest BCUT2D eigenvalue weighted by Crippen LogP contribution is -2.44. The monoisotopic (exact) mass is 375 g/mol. The van der Waals surface area contributed by atoms with Crippen molar-refractivity contribution in [3.63, 3.8) is 0 Å². The van der Waals surface area contributed by atoms with Gasteiger partial charge in [0.1, 0.15) is 5.75 Å². The minimum absolute atomic E-state index is 0.0878. The maximum absolute atomic E-state index is 13.1. The summed E-state index contributed by atoms with van der Waals surface area (Å²) in [4.78, 5) is 15.0. The molecule has 1 aromatic heterocycles. The largest absolute Gasteiger partial charge is 0.494 e. The number of aromatic nitrogens is 1. The fourth-order valence-corrected chi connectivity index (χ4v) is 3.70. The van der Waals surface area contributed by atoms with Crippen molar-refractivity contribution >= 4 is 11.7 Å². The van der Waals surface area contributed by atoms with Gasteiger partial charge in [0.25, 0.3) is 0 Å². The number of nitrogens with one attached hydrogen (secondary N) is 1. The van der Waals surface area contributed by atoms with Crippen LogP contribution in [0.25, 0.3) is 0 Å². The Morgan fingerprint density at radius 2 is 1.82 bits per heavy atom. The first-order valence-electron chi connectivity index (χ1n) is 9.68. The number of hydrogen-bond acceptors (Lipinski definition) is 2. The highest BCUT2D eigenvalue weighted by Gasteiger charge is 2.32. The molecule has 0 saturated heterocycles. The Balaban J connectivity index is 1.63. The van der Waals surface area contributed by atoms with Gasteiger partial charge in [-0.05, 0) is 55.8 Å². The van der Waals surface area contributed by atoms with Gasteiger partial charge < -0.3 is 19.5 Å². The van der Waals surface area contributed by atoms with E-state index in [1.807, 2.05) is 73.3 Å². The summed E-state index contributed by atoms with van der Waals surface area (Å²) in [6, 6.07) is 19.8. The highest BCUT2D eigenvalue weighted by Crippen LogP contribution is 2.33. The first-order valence-corrected chi connectivity index (χ1v) is 9.68. The van der Waals surface area contributed by atoms with Crippen molar-refractivity contribution in [3.05, 3.63) is 83.7 Å². The molecule has 4 rings (SSSR count). The average molecular weight is 375 g/mol. The van der Waals surface area contributed by atoms with Gasteiger partial charge in [-0.1, -0.05) is 29.8 Å². The number of urea groups is 1. The normalized spacial score (nSPS) is 15.8. The van der Waals surface area contributed by atoms with Crippen LogP contribution in [0.4, 0.5) is 10.5 Å². The minimum atomic E-state index is -0.134. The lowest BCUT2D eigenvalue weighted by atomic mass is 10.00. The number of rotatable bonds is 4. The van der Waals surface area contributed by atoms with E-state index in [0.29, 0.717) is 13.2 Å². The third-order valence-electron chi connectivity index (χ3n) is 5.11. The third-order valence-corrected chi connectivity index (χ3v) is 5.11. The highest BCUT2D eigenvalue weighted by molar-refractivity contribution is 5.90. The number of nitrogens with zero attached hydrogens (tertiary/aromatic N) is 2. The molecule has 0 aliphatic carbocycles. The van der Waals surface area contributed by atoms with Crippen LogP contribution in [0.15, 0.2) is 66.9 Å². The van der Waals surface area contributed by atoms with Gasteiger partial charge in [0.15, 0.2) is 0 Å². The number of benzene rings is 2. The lowest BCUT2D eigenvalue weighted by Gasteiger charge is -2.37. The number of carbonyl (C=O) groups is 1. The van der Waals surface area contributed by atoms with Crippen LogP contribution in [0.5, 0.6) is 5.75 Å². The summed E-state index contributed by atoms with van der Waals surface area (Å²) in [5, 5.41) is 3.05. The Hall–Kier alpha value is -3.21. The van der Waals surface area contributed by atoms with Gasteiger partial charge in [0.05, 0.1) is 12.6 Å². The number of aryl methyl sites for hydroxylation is 1. The van der Waals surface area contributed by atoms with Gasteiger partial charge in [0.2, 0.25) is 0 Å². The van der Waals surface area contributed by atoms with Crippen LogP contribution in [0, 0.1) is 6.92 Å². The van der Waals surface area contributed by atoms with E-state index in [-0.39, 0.29) is 12.1 Å². The fourth-order valence-electron chi connectivity index (χ4n) is 3.70. The van der Waals surface area contributed by atoms with Crippen LogP contribution in [-0.2, 0) is 6.54 Å². The van der Waals surface area contributed by atoms with Crippen molar-refractivity contribution in [2.75, 3.05) is 18.5 Å². The second kappa shape index (κ2) is 7.80. The molecule has 0 spiro atoms. The molecular formula is C23H25N3O2. The fraction of sp³-hybridized carbons (Fsp3) is 0.261. The number of ether oxygens (including phenoxy) is 1. The van der Waals surface area contributed by atoms with Gasteiger partial charge in [-0.3, -0.25) is 0 Å². The van der Waals surface area contributed by atoms with Crippen LogP contribution >= 0.6 is 0 Å². The van der Waals surface area contributed by atoms with Crippen LogP contribution in [0.2, 0.25) is 0 Å². The zero-order valence-corrected chi connectivity index (χ0v) is 16.3. The molecular weight excluding hydrogens is 350 g/mol. The predicted molar refractivity (Wildman–Crippen MR) is 111 cm³/mol. The molecule has 5 heteroatoms. The summed E-state index contributed by atoms with van der Waals surface area (Å²) in [7, 11) is 0. The molecule has 1 atom stereocenters. The molecule has 0 radical (unpaired) electrons. The Morgan fingerprint density at radius 3 is 2.54 bits per heavy atom. The van der Waals surface area contributed by atoms with Gasteiger partial charge >= 0.3 is 6.03 Å². The second-order valence-electron chi connectivity index (χ2n) is 7.02. The maximum Gasteiger partial charge on any atom is 0.322 e. The predicted octanol–water partition coefficient (Wildman–Crippen LogP) is 4.83. The quantitative estimate of drug-likeness (QED) is 0.710. The Morgan fingerprint density at radius 1 is 1.07 bits per heavy atom. The molecule has 28 heavy (non-hydrogen) atoms. The lowest BCUT2D eigenvalue weighted by molar-refractivity contribution is 0.182. The molecule has 144 valence electrons. The molecule has 0 fully saturated rings.